The van der Waals surface area contributed by atoms with Gasteiger partial charge in [0.05, 0.1) is 7.11 Å². The van der Waals surface area contributed by atoms with Gasteiger partial charge in [-0.1, -0.05) is 12.1 Å². The fourth-order valence-corrected chi connectivity index (χ4v) is 1.82. The van der Waals surface area contributed by atoms with Gasteiger partial charge in [-0.25, -0.2) is 4.79 Å². The summed E-state index contributed by atoms with van der Waals surface area (Å²) in [6.07, 6.45) is 0. The van der Waals surface area contributed by atoms with Crippen molar-refractivity contribution in [1.82, 2.24) is 14.8 Å². The number of hydrogen-bond acceptors (Lipinski definition) is 5. The van der Waals surface area contributed by atoms with Crippen molar-refractivity contribution in [2.45, 2.75) is 6.92 Å². The molecule has 3 rings (SSSR count). The Morgan fingerprint density at radius 1 is 1.37 bits per heavy atom. The van der Waals surface area contributed by atoms with Gasteiger partial charge in [-0.15, -0.1) is 0 Å². The van der Waals surface area contributed by atoms with Crippen molar-refractivity contribution >= 4 is 17.1 Å². The lowest BCUT2D eigenvalue weighted by Gasteiger charge is -1.95. The molecule has 0 aliphatic carbocycles. The van der Waals surface area contributed by atoms with E-state index < -0.39 is 5.97 Å². The number of hydrogen-bond donors (Lipinski definition) is 0. The number of esters is 1. The van der Waals surface area contributed by atoms with Crippen LogP contribution >= 0.6 is 0 Å². The molecule has 3 aromatic rings. The molecule has 0 N–H and O–H groups in total. The topological polar surface area (TPSA) is 70.2 Å². The number of aromatic nitrogens is 3. The number of oxazole rings is 1. The van der Waals surface area contributed by atoms with E-state index in [4.69, 9.17) is 4.42 Å². The first-order valence-corrected chi connectivity index (χ1v) is 5.70. The summed E-state index contributed by atoms with van der Waals surface area (Å²) in [5.74, 6) is -0.488. The van der Waals surface area contributed by atoms with E-state index in [1.807, 2.05) is 31.2 Å². The molecule has 0 radical (unpaired) electrons. The summed E-state index contributed by atoms with van der Waals surface area (Å²) < 4.78 is 11.7. The summed E-state index contributed by atoms with van der Waals surface area (Å²) in [5, 5.41) is 4.13. The minimum atomic E-state index is -0.488. The molecular formula is C13H11N3O3. The second kappa shape index (κ2) is 4.24. The van der Waals surface area contributed by atoms with Gasteiger partial charge in [0.1, 0.15) is 5.52 Å². The smallest absolute Gasteiger partial charge is 0.358 e. The first-order chi connectivity index (χ1) is 9.19. The first kappa shape index (κ1) is 11.5. The Hall–Kier alpha value is -2.63. The van der Waals surface area contributed by atoms with Crippen molar-refractivity contribution in [3.8, 4) is 6.01 Å². The van der Waals surface area contributed by atoms with Crippen LogP contribution in [0.3, 0.4) is 0 Å². The maximum Gasteiger partial charge on any atom is 0.358 e. The summed E-state index contributed by atoms with van der Waals surface area (Å²) in [6.45, 7) is 1.81. The molecule has 2 heterocycles. The molecular weight excluding hydrogens is 246 g/mol. The van der Waals surface area contributed by atoms with Crippen LogP contribution in [0, 0.1) is 6.92 Å². The number of methoxy groups -OCH3 is 1. The molecule has 0 spiro atoms. The lowest BCUT2D eigenvalue weighted by molar-refractivity contribution is 0.0593. The van der Waals surface area contributed by atoms with Gasteiger partial charge < -0.3 is 9.15 Å². The van der Waals surface area contributed by atoms with E-state index in [9.17, 15) is 4.79 Å². The second-order valence-corrected chi connectivity index (χ2v) is 4.04. The standard InChI is InChI=1S/C13H11N3O3/c1-8-7-10(12(17)18-2)15-16(8)13-14-9-5-3-4-6-11(9)19-13/h3-7H,1-2H3. The van der Waals surface area contributed by atoms with Crippen LogP contribution in [0.4, 0.5) is 0 Å². The predicted molar refractivity (Wildman–Crippen MR) is 67.2 cm³/mol. The highest BCUT2D eigenvalue weighted by Crippen LogP contribution is 2.19. The average molecular weight is 257 g/mol. The molecule has 0 amide bonds. The number of benzene rings is 1. The third kappa shape index (κ3) is 1.87. The Kier molecular flexibility index (Phi) is 2.56. The fraction of sp³-hybridized carbons (Fsp3) is 0.154. The number of nitrogens with zero attached hydrogens (tertiary/aromatic N) is 3. The normalized spacial score (nSPS) is 10.8. The van der Waals surface area contributed by atoms with Crippen LogP contribution in [-0.2, 0) is 4.74 Å². The van der Waals surface area contributed by atoms with Gasteiger partial charge in [0.15, 0.2) is 11.3 Å². The Labute approximate surface area is 108 Å². The predicted octanol–water partition coefficient (Wildman–Crippen LogP) is 2.11. The monoisotopic (exact) mass is 257 g/mol. The summed E-state index contributed by atoms with van der Waals surface area (Å²) in [7, 11) is 1.32. The van der Waals surface area contributed by atoms with E-state index in [-0.39, 0.29) is 5.69 Å². The van der Waals surface area contributed by atoms with Crippen molar-refractivity contribution in [1.29, 1.82) is 0 Å². The SMILES string of the molecule is COC(=O)c1cc(C)n(-c2nc3ccccc3o2)n1. The van der Waals surface area contributed by atoms with E-state index >= 15 is 0 Å². The quantitative estimate of drug-likeness (QED) is 0.657. The molecule has 1 aromatic carbocycles. The van der Waals surface area contributed by atoms with E-state index in [0.717, 1.165) is 11.2 Å². The van der Waals surface area contributed by atoms with Crippen LogP contribution in [0.1, 0.15) is 16.2 Å². The lowest BCUT2D eigenvalue weighted by Crippen LogP contribution is -2.04. The largest absolute Gasteiger partial charge is 0.464 e. The van der Waals surface area contributed by atoms with E-state index in [0.29, 0.717) is 11.6 Å². The molecule has 0 aliphatic heterocycles. The van der Waals surface area contributed by atoms with Crippen molar-refractivity contribution < 1.29 is 13.9 Å². The van der Waals surface area contributed by atoms with E-state index in [2.05, 4.69) is 14.8 Å². The number of ether oxygens (including phenoxy) is 1. The van der Waals surface area contributed by atoms with Gasteiger partial charge in [-0.3, -0.25) is 0 Å². The number of fused-ring (bicyclic) bond motifs is 1. The Bertz CT molecular complexity index is 724. The lowest BCUT2D eigenvalue weighted by atomic mass is 10.3. The van der Waals surface area contributed by atoms with Crippen LogP contribution in [0.2, 0.25) is 0 Å². The Balaban J connectivity index is 2.10. The van der Waals surface area contributed by atoms with E-state index in [1.54, 1.807) is 6.07 Å². The molecule has 2 aromatic heterocycles. The van der Waals surface area contributed by atoms with Crippen LogP contribution in [0.5, 0.6) is 0 Å². The summed E-state index contributed by atoms with van der Waals surface area (Å²) >= 11 is 0. The van der Waals surface area contributed by atoms with Crippen molar-refractivity contribution in [2.75, 3.05) is 7.11 Å². The Morgan fingerprint density at radius 3 is 2.89 bits per heavy atom. The molecule has 0 saturated carbocycles. The van der Waals surface area contributed by atoms with Crippen molar-refractivity contribution in [3.63, 3.8) is 0 Å². The van der Waals surface area contributed by atoms with Gasteiger partial charge in [0.25, 0.3) is 0 Å². The minimum Gasteiger partial charge on any atom is -0.464 e. The first-order valence-electron chi connectivity index (χ1n) is 5.70. The van der Waals surface area contributed by atoms with Crippen molar-refractivity contribution in [2.24, 2.45) is 0 Å². The third-order valence-electron chi connectivity index (χ3n) is 2.75. The number of carbonyl (C=O) groups excluding carboxylic acids is 1. The molecule has 6 nitrogen and oxygen atoms in total. The van der Waals surface area contributed by atoms with Crippen LogP contribution in [0.15, 0.2) is 34.7 Å². The summed E-state index contributed by atoms with van der Waals surface area (Å²) in [4.78, 5) is 15.8. The van der Waals surface area contributed by atoms with Crippen LogP contribution < -0.4 is 0 Å². The number of carbonyl (C=O) groups is 1. The summed E-state index contributed by atoms with van der Waals surface area (Å²) in [6, 6.07) is 9.38. The molecule has 0 fully saturated rings. The number of rotatable bonds is 2. The zero-order valence-electron chi connectivity index (χ0n) is 10.5. The summed E-state index contributed by atoms with van der Waals surface area (Å²) in [5.41, 5.74) is 2.38. The minimum absolute atomic E-state index is 0.224. The Morgan fingerprint density at radius 2 is 2.16 bits per heavy atom. The van der Waals surface area contributed by atoms with Crippen molar-refractivity contribution in [3.05, 3.63) is 41.7 Å². The van der Waals surface area contributed by atoms with Gasteiger partial charge in [-0.05, 0) is 25.1 Å². The highest BCUT2D eigenvalue weighted by molar-refractivity contribution is 5.87. The number of para-hydroxylation sites is 2. The molecule has 0 unspecified atom stereocenters. The number of aryl methyl sites for hydroxylation is 1. The van der Waals surface area contributed by atoms with Gasteiger partial charge in [0, 0.05) is 5.69 Å². The zero-order chi connectivity index (χ0) is 13.4. The molecule has 0 saturated heterocycles. The fourth-order valence-electron chi connectivity index (χ4n) is 1.82. The van der Waals surface area contributed by atoms with Crippen LogP contribution in [-0.4, -0.2) is 27.8 Å². The second-order valence-electron chi connectivity index (χ2n) is 4.04. The van der Waals surface area contributed by atoms with Gasteiger partial charge >= 0.3 is 12.0 Å². The molecule has 0 atom stereocenters. The van der Waals surface area contributed by atoms with Gasteiger partial charge in [-0.2, -0.15) is 14.8 Å². The zero-order valence-corrected chi connectivity index (χ0v) is 10.5. The van der Waals surface area contributed by atoms with E-state index in [1.165, 1.54) is 11.8 Å². The molecule has 96 valence electrons. The third-order valence-corrected chi connectivity index (χ3v) is 2.75. The molecule has 0 aliphatic rings. The highest BCUT2D eigenvalue weighted by Gasteiger charge is 2.16. The molecule has 19 heavy (non-hydrogen) atoms. The van der Waals surface area contributed by atoms with Crippen LogP contribution in [0.25, 0.3) is 17.1 Å². The average Bonchev–Trinajstić information content (AvgIpc) is 3.00. The maximum atomic E-state index is 11.4. The highest BCUT2D eigenvalue weighted by atomic mass is 16.5. The molecule has 6 heteroatoms. The van der Waals surface area contributed by atoms with Gasteiger partial charge in [0.2, 0.25) is 0 Å². The maximum absolute atomic E-state index is 11.4. The molecule has 0 bridgehead atoms.